The van der Waals surface area contributed by atoms with Crippen molar-refractivity contribution >= 4 is 0 Å². The standard InChI is InChI=1S/C15H23NO2/c1-10-8-13(18-4)11(2)7-12(10)14(16-3)15(9-17)5-6-15/h7-8,14,16-17H,5-6,9H2,1-4H3. The van der Waals surface area contributed by atoms with E-state index in [2.05, 4.69) is 31.3 Å². The molecular weight excluding hydrogens is 226 g/mol. The van der Waals surface area contributed by atoms with E-state index in [1.165, 1.54) is 11.1 Å². The molecule has 0 aliphatic heterocycles. The van der Waals surface area contributed by atoms with Crippen LogP contribution in [-0.2, 0) is 0 Å². The van der Waals surface area contributed by atoms with Crippen LogP contribution in [0.5, 0.6) is 5.75 Å². The Bertz CT molecular complexity index is 438. The lowest BCUT2D eigenvalue weighted by molar-refractivity contribution is 0.175. The van der Waals surface area contributed by atoms with E-state index < -0.39 is 0 Å². The van der Waals surface area contributed by atoms with Crippen molar-refractivity contribution in [1.82, 2.24) is 5.32 Å². The fourth-order valence-corrected chi connectivity index (χ4v) is 2.83. The van der Waals surface area contributed by atoms with Gasteiger partial charge in [-0.05, 0) is 56.5 Å². The molecule has 2 N–H and O–H groups in total. The van der Waals surface area contributed by atoms with Gasteiger partial charge in [-0.1, -0.05) is 6.07 Å². The van der Waals surface area contributed by atoms with E-state index in [0.717, 1.165) is 24.2 Å². The normalized spacial score (nSPS) is 18.5. The first-order valence-electron chi connectivity index (χ1n) is 6.51. The van der Waals surface area contributed by atoms with Gasteiger partial charge in [-0.3, -0.25) is 0 Å². The van der Waals surface area contributed by atoms with E-state index in [-0.39, 0.29) is 18.1 Å². The lowest BCUT2D eigenvalue weighted by Crippen LogP contribution is -2.29. The summed E-state index contributed by atoms with van der Waals surface area (Å²) in [7, 11) is 3.67. The first-order chi connectivity index (χ1) is 8.57. The van der Waals surface area contributed by atoms with E-state index in [4.69, 9.17) is 4.74 Å². The number of hydrogen-bond donors (Lipinski definition) is 2. The van der Waals surface area contributed by atoms with Crippen molar-refractivity contribution in [3.05, 3.63) is 28.8 Å². The molecule has 0 amide bonds. The molecule has 3 heteroatoms. The quantitative estimate of drug-likeness (QED) is 0.841. The molecular formula is C15H23NO2. The van der Waals surface area contributed by atoms with E-state index in [1.807, 2.05) is 7.05 Å². The summed E-state index contributed by atoms with van der Waals surface area (Å²) in [6.45, 7) is 4.42. The fraction of sp³-hybridized carbons (Fsp3) is 0.600. The highest BCUT2D eigenvalue weighted by atomic mass is 16.5. The largest absolute Gasteiger partial charge is 0.496 e. The molecule has 0 aromatic heterocycles. The van der Waals surface area contributed by atoms with E-state index >= 15 is 0 Å². The lowest BCUT2D eigenvalue weighted by atomic mass is 9.87. The SMILES string of the molecule is CNC(c1cc(C)c(OC)cc1C)C1(CO)CC1. The van der Waals surface area contributed by atoms with Crippen LogP contribution in [-0.4, -0.2) is 25.9 Å². The van der Waals surface area contributed by atoms with Crippen LogP contribution in [0.25, 0.3) is 0 Å². The summed E-state index contributed by atoms with van der Waals surface area (Å²) in [4.78, 5) is 0. The van der Waals surface area contributed by atoms with Gasteiger partial charge >= 0.3 is 0 Å². The molecule has 1 aliphatic rings. The third kappa shape index (κ3) is 2.13. The molecule has 1 unspecified atom stereocenters. The van der Waals surface area contributed by atoms with Crippen molar-refractivity contribution in [2.24, 2.45) is 5.41 Å². The minimum absolute atomic E-state index is 0.0422. The first-order valence-corrected chi connectivity index (χ1v) is 6.51. The zero-order valence-electron chi connectivity index (χ0n) is 11.7. The zero-order chi connectivity index (χ0) is 13.3. The minimum Gasteiger partial charge on any atom is -0.496 e. The molecule has 1 saturated carbocycles. The summed E-state index contributed by atoms with van der Waals surface area (Å²) >= 11 is 0. The van der Waals surface area contributed by atoms with Gasteiger partial charge in [0.15, 0.2) is 0 Å². The predicted octanol–water partition coefficient (Wildman–Crippen LogP) is 2.35. The number of aryl methyl sites for hydroxylation is 2. The summed E-state index contributed by atoms with van der Waals surface area (Å²) < 4.78 is 5.35. The van der Waals surface area contributed by atoms with Crippen LogP contribution in [0.1, 0.15) is 35.6 Å². The molecule has 1 aliphatic carbocycles. The van der Waals surface area contributed by atoms with Gasteiger partial charge in [-0.2, -0.15) is 0 Å². The second-order valence-electron chi connectivity index (χ2n) is 5.42. The molecule has 1 aromatic rings. The highest BCUT2D eigenvalue weighted by Crippen LogP contribution is 2.55. The molecule has 18 heavy (non-hydrogen) atoms. The third-order valence-electron chi connectivity index (χ3n) is 4.20. The summed E-state index contributed by atoms with van der Waals surface area (Å²) in [5.74, 6) is 0.931. The molecule has 1 aromatic carbocycles. The van der Waals surface area contributed by atoms with Crippen LogP contribution >= 0.6 is 0 Å². The number of methoxy groups -OCH3 is 1. The summed E-state index contributed by atoms with van der Waals surface area (Å²) in [5, 5.41) is 13.0. The Labute approximate surface area is 109 Å². The number of ether oxygens (including phenoxy) is 1. The molecule has 0 bridgehead atoms. The molecule has 2 rings (SSSR count). The molecule has 0 saturated heterocycles. The first kappa shape index (κ1) is 13.4. The number of aliphatic hydroxyl groups is 1. The van der Waals surface area contributed by atoms with Crippen LogP contribution in [0.4, 0.5) is 0 Å². The molecule has 1 atom stereocenters. The maximum Gasteiger partial charge on any atom is 0.122 e. The molecule has 0 spiro atoms. The molecule has 3 nitrogen and oxygen atoms in total. The van der Waals surface area contributed by atoms with Crippen molar-refractivity contribution in [2.45, 2.75) is 32.7 Å². The highest BCUT2D eigenvalue weighted by Gasteiger charge is 2.49. The summed E-state index contributed by atoms with van der Waals surface area (Å²) in [6, 6.07) is 4.50. The van der Waals surface area contributed by atoms with Gasteiger partial charge in [0.2, 0.25) is 0 Å². The van der Waals surface area contributed by atoms with Gasteiger partial charge in [-0.25, -0.2) is 0 Å². The van der Waals surface area contributed by atoms with Crippen LogP contribution in [0.15, 0.2) is 12.1 Å². The van der Waals surface area contributed by atoms with Crippen molar-refractivity contribution in [2.75, 3.05) is 20.8 Å². The predicted molar refractivity (Wildman–Crippen MR) is 73.0 cm³/mol. The second-order valence-corrected chi connectivity index (χ2v) is 5.42. The van der Waals surface area contributed by atoms with Gasteiger partial charge in [0.05, 0.1) is 13.7 Å². The number of nitrogens with one attached hydrogen (secondary N) is 1. The Kier molecular flexibility index (Phi) is 3.64. The molecule has 1 fully saturated rings. The van der Waals surface area contributed by atoms with Crippen LogP contribution < -0.4 is 10.1 Å². The number of aliphatic hydroxyl groups excluding tert-OH is 1. The Hall–Kier alpha value is -1.06. The van der Waals surface area contributed by atoms with Gasteiger partial charge in [0.25, 0.3) is 0 Å². The van der Waals surface area contributed by atoms with Crippen LogP contribution in [0, 0.1) is 19.3 Å². The molecule has 0 radical (unpaired) electrons. The monoisotopic (exact) mass is 249 g/mol. The Morgan fingerprint density at radius 1 is 1.33 bits per heavy atom. The van der Waals surface area contributed by atoms with Gasteiger partial charge < -0.3 is 15.2 Å². The molecule has 100 valence electrons. The zero-order valence-corrected chi connectivity index (χ0v) is 11.7. The van der Waals surface area contributed by atoms with E-state index in [9.17, 15) is 5.11 Å². The van der Waals surface area contributed by atoms with Gasteiger partial charge in [0.1, 0.15) is 5.75 Å². The fourth-order valence-electron chi connectivity index (χ4n) is 2.83. The topological polar surface area (TPSA) is 41.5 Å². The van der Waals surface area contributed by atoms with Gasteiger partial charge in [0, 0.05) is 11.5 Å². The number of benzene rings is 1. The maximum atomic E-state index is 9.62. The number of rotatable bonds is 5. The van der Waals surface area contributed by atoms with Gasteiger partial charge in [-0.15, -0.1) is 0 Å². The van der Waals surface area contributed by atoms with Crippen LogP contribution in [0.2, 0.25) is 0 Å². The van der Waals surface area contributed by atoms with Crippen molar-refractivity contribution < 1.29 is 9.84 Å². The average Bonchev–Trinajstić information content (AvgIpc) is 3.15. The highest BCUT2D eigenvalue weighted by molar-refractivity contribution is 5.44. The lowest BCUT2D eigenvalue weighted by Gasteiger charge is -2.27. The van der Waals surface area contributed by atoms with Crippen LogP contribution in [0.3, 0.4) is 0 Å². The maximum absolute atomic E-state index is 9.62. The Morgan fingerprint density at radius 3 is 2.44 bits per heavy atom. The third-order valence-corrected chi connectivity index (χ3v) is 4.20. The number of hydrogen-bond acceptors (Lipinski definition) is 3. The van der Waals surface area contributed by atoms with E-state index in [1.54, 1.807) is 7.11 Å². The summed E-state index contributed by atoms with van der Waals surface area (Å²) in [6.07, 6.45) is 2.19. The van der Waals surface area contributed by atoms with Crippen molar-refractivity contribution in [1.29, 1.82) is 0 Å². The van der Waals surface area contributed by atoms with Crippen molar-refractivity contribution in [3.63, 3.8) is 0 Å². The minimum atomic E-state index is 0.0422. The van der Waals surface area contributed by atoms with Crippen molar-refractivity contribution in [3.8, 4) is 5.75 Å². The van der Waals surface area contributed by atoms with E-state index in [0.29, 0.717) is 0 Å². The molecule has 0 heterocycles. The smallest absolute Gasteiger partial charge is 0.122 e. The average molecular weight is 249 g/mol. The summed E-state index contributed by atoms with van der Waals surface area (Å²) in [5.41, 5.74) is 3.69. The Balaban J connectivity index is 2.40. The second kappa shape index (κ2) is 4.90. The Morgan fingerprint density at radius 2 is 2.00 bits per heavy atom.